The maximum absolute atomic E-state index is 12.6. The summed E-state index contributed by atoms with van der Waals surface area (Å²) in [6, 6.07) is 0. The number of aliphatic hydroxyl groups is 1. The molecule has 3 heterocycles. The lowest BCUT2D eigenvalue weighted by Crippen LogP contribution is -2.49. The van der Waals surface area contributed by atoms with Gasteiger partial charge < -0.3 is 19.8 Å². The summed E-state index contributed by atoms with van der Waals surface area (Å²) in [6.45, 7) is 7.19. The SMILES string of the molecule is CN1CCCN(C[C@H]2C[C@H](CO)CN(C(=O)Cn3nccn3)C2)CC1. The smallest absolute Gasteiger partial charge is 0.246 e. The van der Waals surface area contributed by atoms with E-state index in [9.17, 15) is 9.90 Å². The van der Waals surface area contributed by atoms with Crippen molar-refractivity contribution in [2.24, 2.45) is 11.8 Å². The molecule has 0 radical (unpaired) electrons. The van der Waals surface area contributed by atoms with Gasteiger partial charge in [-0.05, 0) is 44.8 Å². The number of likely N-dealkylation sites (N-methyl/N-ethyl adjacent to an activating group) is 1. The van der Waals surface area contributed by atoms with Crippen molar-refractivity contribution >= 4 is 5.91 Å². The molecule has 0 aromatic carbocycles. The number of aliphatic hydroxyl groups excluding tert-OH is 1. The van der Waals surface area contributed by atoms with Crippen LogP contribution in [0.25, 0.3) is 0 Å². The van der Waals surface area contributed by atoms with Crippen molar-refractivity contribution in [2.45, 2.75) is 19.4 Å². The average molecular weight is 350 g/mol. The number of aromatic nitrogens is 3. The Kier molecular flexibility index (Phi) is 6.39. The van der Waals surface area contributed by atoms with Crippen LogP contribution in [0.4, 0.5) is 0 Å². The molecule has 0 unspecified atom stereocenters. The first-order valence-electron chi connectivity index (χ1n) is 9.27. The van der Waals surface area contributed by atoms with Gasteiger partial charge in [-0.25, -0.2) is 0 Å². The van der Waals surface area contributed by atoms with Crippen molar-refractivity contribution in [3.8, 4) is 0 Å². The molecule has 1 N–H and O–H groups in total. The molecule has 140 valence electrons. The van der Waals surface area contributed by atoms with E-state index in [2.05, 4.69) is 27.0 Å². The number of rotatable bonds is 5. The minimum absolute atomic E-state index is 0.0370. The van der Waals surface area contributed by atoms with Crippen LogP contribution in [0, 0.1) is 11.8 Å². The summed E-state index contributed by atoms with van der Waals surface area (Å²) in [5, 5.41) is 17.7. The Morgan fingerprint density at radius 2 is 1.88 bits per heavy atom. The Bertz CT molecular complexity index is 537. The Balaban J connectivity index is 1.57. The van der Waals surface area contributed by atoms with Crippen molar-refractivity contribution in [2.75, 3.05) is 59.5 Å². The summed E-state index contributed by atoms with van der Waals surface area (Å²) in [6.07, 6.45) is 5.35. The highest BCUT2D eigenvalue weighted by Crippen LogP contribution is 2.23. The summed E-state index contributed by atoms with van der Waals surface area (Å²) < 4.78 is 0. The van der Waals surface area contributed by atoms with Gasteiger partial charge >= 0.3 is 0 Å². The minimum atomic E-state index is 0.0370. The number of nitrogens with zero attached hydrogens (tertiary/aromatic N) is 6. The number of amides is 1. The standard InChI is InChI=1S/C17H30N6O2/c1-20-5-2-6-21(8-7-20)10-15-9-16(14-24)12-22(11-15)17(25)13-23-18-3-4-19-23/h3-4,15-16,24H,2,5-14H2,1H3/t15-,16+/m1/s1. The molecule has 2 aliphatic heterocycles. The molecule has 1 aromatic heterocycles. The highest BCUT2D eigenvalue weighted by molar-refractivity contribution is 5.75. The fourth-order valence-corrected chi connectivity index (χ4v) is 3.98. The van der Waals surface area contributed by atoms with Gasteiger partial charge in [-0.3, -0.25) is 4.79 Å². The summed E-state index contributed by atoms with van der Waals surface area (Å²) in [5.74, 6) is 0.627. The van der Waals surface area contributed by atoms with E-state index in [1.165, 1.54) is 11.2 Å². The number of likely N-dealkylation sites (tertiary alicyclic amines) is 1. The Morgan fingerprint density at radius 1 is 1.12 bits per heavy atom. The van der Waals surface area contributed by atoms with Crippen molar-refractivity contribution in [3.63, 3.8) is 0 Å². The first-order valence-corrected chi connectivity index (χ1v) is 9.27. The average Bonchev–Trinajstić information content (AvgIpc) is 3.03. The van der Waals surface area contributed by atoms with Crippen LogP contribution < -0.4 is 0 Å². The third-order valence-corrected chi connectivity index (χ3v) is 5.31. The molecule has 2 aliphatic rings. The monoisotopic (exact) mass is 350 g/mol. The quantitative estimate of drug-likeness (QED) is 0.762. The van der Waals surface area contributed by atoms with Gasteiger partial charge in [0.1, 0.15) is 6.54 Å². The fourth-order valence-electron chi connectivity index (χ4n) is 3.98. The van der Waals surface area contributed by atoms with Gasteiger partial charge in [0.25, 0.3) is 0 Å². The molecule has 1 amide bonds. The predicted octanol–water partition coefficient (Wildman–Crippen LogP) is -0.627. The second kappa shape index (κ2) is 8.73. The topological polar surface area (TPSA) is 77.7 Å². The molecule has 3 rings (SSSR count). The summed E-state index contributed by atoms with van der Waals surface area (Å²) in [7, 11) is 2.18. The van der Waals surface area contributed by atoms with Crippen molar-refractivity contribution in [3.05, 3.63) is 12.4 Å². The number of carbonyl (C=O) groups excluding carboxylic acids is 1. The van der Waals surface area contributed by atoms with Gasteiger partial charge in [-0.15, -0.1) is 0 Å². The molecule has 0 saturated carbocycles. The number of piperidine rings is 1. The highest BCUT2D eigenvalue weighted by atomic mass is 16.3. The lowest BCUT2D eigenvalue weighted by molar-refractivity contribution is -0.135. The normalized spacial score (nSPS) is 26.6. The molecule has 0 spiro atoms. The maximum Gasteiger partial charge on any atom is 0.246 e. The molecular weight excluding hydrogens is 320 g/mol. The second-order valence-electron chi connectivity index (χ2n) is 7.47. The largest absolute Gasteiger partial charge is 0.396 e. The van der Waals surface area contributed by atoms with Crippen LogP contribution in [0.1, 0.15) is 12.8 Å². The van der Waals surface area contributed by atoms with Crippen LogP contribution in [0.3, 0.4) is 0 Å². The first kappa shape index (κ1) is 18.3. The number of hydrogen-bond donors (Lipinski definition) is 1. The molecule has 1 aromatic rings. The van der Waals surface area contributed by atoms with Crippen LogP contribution >= 0.6 is 0 Å². The van der Waals surface area contributed by atoms with E-state index in [0.717, 1.165) is 45.7 Å². The Morgan fingerprint density at radius 3 is 2.64 bits per heavy atom. The third kappa shape index (κ3) is 5.23. The molecule has 8 nitrogen and oxygen atoms in total. The van der Waals surface area contributed by atoms with Gasteiger partial charge in [-0.1, -0.05) is 0 Å². The van der Waals surface area contributed by atoms with E-state index in [-0.39, 0.29) is 25.0 Å². The van der Waals surface area contributed by atoms with Gasteiger partial charge in [-0.2, -0.15) is 15.0 Å². The molecule has 25 heavy (non-hydrogen) atoms. The molecule has 8 heteroatoms. The van der Waals surface area contributed by atoms with E-state index in [1.807, 2.05) is 4.90 Å². The molecule has 2 saturated heterocycles. The lowest BCUT2D eigenvalue weighted by atomic mass is 9.89. The van der Waals surface area contributed by atoms with E-state index in [1.54, 1.807) is 12.4 Å². The van der Waals surface area contributed by atoms with Gasteiger partial charge in [0.15, 0.2) is 0 Å². The molecule has 0 bridgehead atoms. The minimum Gasteiger partial charge on any atom is -0.396 e. The van der Waals surface area contributed by atoms with Gasteiger partial charge in [0, 0.05) is 39.3 Å². The van der Waals surface area contributed by atoms with Crippen LogP contribution in [0.2, 0.25) is 0 Å². The van der Waals surface area contributed by atoms with Crippen LogP contribution in [-0.2, 0) is 11.3 Å². The van der Waals surface area contributed by atoms with Crippen LogP contribution in [0.15, 0.2) is 12.4 Å². The van der Waals surface area contributed by atoms with Gasteiger partial charge in [0.05, 0.1) is 12.4 Å². The third-order valence-electron chi connectivity index (χ3n) is 5.31. The summed E-state index contributed by atoms with van der Waals surface area (Å²) in [4.78, 5) is 20.8. The van der Waals surface area contributed by atoms with Crippen molar-refractivity contribution in [1.29, 1.82) is 0 Å². The second-order valence-corrected chi connectivity index (χ2v) is 7.47. The Hall–Kier alpha value is -1.51. The molecule has 2 fully saturated rings. The van der Waals surface area contributed by atoms with Crippen LogP contribution in [0.5, 0.6) is 0 Å². The molecule has 2 atom stereocenters. The maximum atomic E-state index is 12.6. The zero-order valence-corrected chi connectivity index (χ0v) is 15.1. The highest BCUT2D eigenvalue weighted by Gasteiger charge is 2.31. The summed E-state index contributed by atoms with van der Waals surface area (Å²) >= 11 is 0. The van der Waals surface area contributed by atoms with Crippen molar-refractivity contribution in [1.82, 2.24) is 29.7 Å². The molecule has 0 aliphatic carbocycles. The van der Waals surface area contributed by atoms with E-state index in [4.69, 9.17) is 0 Å². The zero-order valence-electron chi connectivity index (χ0n) is 15.1. The zero-order chi connectivity index (χ0) is 17.6. The lowest BCUT2D eigenvalue weighted by Gasteiger charge is -2.39. The van der Waals surface area contributed by atoms with E-state index < -0.39 is 0 Å². The Labute approximate surface area is 149 Å². The van der Waals surface area contributed by atoms with Crippen LogP contribution in [-0.4, -0.2) is 100 Å². The number of carbonyl (C=O) groups is 1. The van der Waals surface area contributed by atoms with E-state index >= 15 is 0 Å². The van der Waals surface area contributed by atoms with Crippen molar-refractivity contribution < 1.29 is 9.90 Å². The predicted molar refractivity (Wildman–Crippen MR) is 93.8 cm³/mol. The fraction of sp³-hybridized carbons (Fsp3) is 0.824. The first-order chi connectivity index (χ1) is 12.1. The van der Waals surface area contributed by atoms with Gasteiger partial charge in [0.2, 0.25) is 5.91 Å². The molecular formula is C17H30N6O2. The summed E-state index contributed by atoms with van der Waals surface area (Å²) in [5.41, 5.74) is 0. The number of hydrogen-bond acceptors (Lipinski definition) is 6. The van der Waals surface area contributed by atoms with E-state index in [0.29, 0.717) is 12.5 Å².